The van der Waals surface area contributed by atoms with E-state index in [9.17, 15) is 9.90 Å². The summed E-state index contributed by atoms with van der Waals surface area (Å²) < 4.78 is 11.6. The SMILES string of the molecule is O=c1cc(CN2CCOC(CO)C2)c2ccc(Br)cc2o1. The number of halogens is 1. The number of aliphatic hydroxyl groups excluding tert-OH is 1. The van der Waals surface area contributed by atoms with Crippen molar-refractivity contribution in [3.8, 4) is 0 Å². The Hall–Kier alpha value is -1.21. The highest BCUT2D eigenvalue weighted by Gasteiger charge is 2.20. The molecule has 0 spiro atoms. The number of nitrogens with zero attached hydrogens (tertiary/aromatic N) is 1. The molecule has 21 heavy (non-hydrogen) atoms. The molecule has 112 valence electrons. The van der Waals surface area contributed by atoms with E-state index in [1.165, 1.54) is 0 Å². The van der Waals surface area contributed by atoms with Crippen molar-refractivity contribution in [3.05, 3.63) is 44.7 Å². The molecule has 0 radical (unpaired) electrons. The number of hydrogen-bond acceptors (Lipinski definition) is 5. The molecule has 1 unspecified atom stereocenters. The van der Waals surface area contributed by atoms with Crippen molar-refractivity contribution in [2.75, 3.05) is 26.3 Å². The van der Waals surface area contributed by atoms with Crippen LogP contribution in [-0.4, -0.2) is 42.4 Å². The standard InChI is InChI=1S/C15H16BrNO4/c16-11-1-2-13-10(5-15(19)21-14(13)6-11)7-17-3-4-20-12(8-17)9-18/h1-2,5-6,12,18H,3-4,7-9H2. The monoisotopic (exact) mass is 353 g/mol. The number of hydrogen-bond donors (Lipinski definition) is 1. The van der Waals surface area contributed by atoms with Crippen molar-refractivity contribution in [1.29, 1.82) is 0 Å². The molecule has 1 atom stereocenters. The van der Waals surface area contributed by atoms with Crippen molar-refractivity contribution in [1.82, 2.24) is 4.90 Å². The summed E-state index contributed by atoms with van der Waals surface area (Å²) in [5, 5.41) is 10.1. The van der Waals surface area contributed by atoms with Gasteiger partial charge in [-0.15, -0.1) is 0 Å². The Labute approximate surface area is 130 Å². The van der Waals surface area contributed by atoms with E-state index in [0.29, 0.717) is 25.3 Å². The van der Waals surface area contributed by atoms with Crippen molar-refractivity contribution in [3.63, 3.8) is 0 Å². The first-order valence-corrected chi connectivity index (χ1v) is 7.62. The van der Waals surface area contributed by atoms with Gasteiger partial charge in [-0.25, -0.2) is 4.79 Å². The molecular weight excluding hydrogens is 338 g/mol. The Morgan fingerprint density at radius 1 is 1.38 bits per heavy atom. The molecule has 1 aliphatic rings. The van der Waals surface area contributed by atoms with Gasteiger partial charge in [0.2, 0.25) is 0 Å². The van der Waals surface area contributed by atoms with E-state index in [0.717, 1.165) is 22.0 Å². The second-order valence-corrected chi connectivity index (χ2v) is 6.06. The lowest BCUT2D eigenvalue weighted by Crippen LogP contribution is -2.43. The van der Waals surface area contributed by atoms with Gasteiger partial charge in [0.05, 0.1) is 19.3 Å². The van der Waals surface area contributed by atoms with Gasteiger partial charge >= 0.3 is 5.63 Å². The molecule has 0 aliphatic carbocycles. The minimum Gasteiger partial charge on any atom is -0.423 e. The highest BCUT2D eigenvalue weighted by molar-refractivity contribution is 9.10. The van der Waals surface area contributed by atoms with Crippen molar-refractivity contribution >= 4 is 26.9 Å². The van der Waals surface area contributed by atoms with Gasteiger partial charge in [-0.05, 0) is 23.8 Å². The molecule has 3 rings (SSSR count). The van der Waals surface area contributed by atoms with Gasteiger partial charge in [0.25, 0.3) is 0 Å². The number of benzene rings is 1. The Morgan fingerprint density at radius 3 is 3.05 bits per heavy atom. The predicted octanol–water partition coefficient (Wildman–Crippen LogP) is 1.75. The maximum Gasteiger partial charge on any atom is 0.336 e. The number of morpholine rings is 1. The summed E-state index contributed by atoms with van der Waals surface area (Å²) >= 11 is 3.38. The second-order valence-electron chi connectivity index (χ2n) is 5.14. The zero-order valence-electron chi connectivity index (χ0n) is 11.4. The number of fused-ring (bicyclic) bond motifs is 1. The molecule has 1 N–H and O–H groups in total. The molecule has 1 aromatic heterocycles. The molecule has 6 heteroatoms. The van der Waals surface area contributed by atoms with Gasteiger partial charge < -0.3 is 14.3 Å². The largest absolute Gasteiger partial charge is 0.423 e. The first kappa shape index (κ1) is 14.7. The van der Waals surface area contributed by atoms with Crippen LogP contribution >= 0.6 is 15.9 Å². The van der Waals surface area contributed by atoms with Gasteiger partial charge in [0.1, 0.15) is 5.58 Å². The maximum absolute atomic E-state index is 11.7. The molecule has 5 nitrogen and oxygen atoms in total. The Balaban J connectivity index is 1.91. The van der Waals surface area contributed by atoms with Crippen LogP contribution in [0.5, 0.6) is 0 Å². The predicted molar refractivity (Wildman–Crippen MR) is 82.3 cm³/mol. The van der Waals surface area contributed by atoms with Crippen LogP contribution in [0.4, 0.5) is 0 Å². The lowest BCUT2D eigenvalue weighted by atomic mass is 10.1. The number of rotatable bonds is 3. The third kappa shape index (κ3) is 3.35. The fourth-order valence-electron chi connectivity index (χ4n) is 2.61. The van der Waals surface area contributed by atoms with Crippen LogP contribution in [0, 0.1) is 0 Å². The van der Waals surface area contributed by atoms with E-state index >= 15 is 0 Å². The van der Waals surface area contributed by atoms with E-state index in [1.807, 2.05) is 12.1 Å². The average Bonchev–Trinajstić information content (AvgIpc) is 2.46. The lowest BCUT2D eigenvalue weighted by Gasteiger charge is -2.32. The van der Waals surface area contributed by atoms with Crippen LogP contribution in [0.25, 0.3) is 11.0 Å². The third-order valence-corrected chi connectivity index (χ3v) is 4.11. The molecule has 2 aromatic rings. The average molecular weight is 354 g/mol. The van der Waals surface area contributed by atoms with E-state index in [1.54, 1.807) is 12.1 Å². The normalized spacial score (nSPS) is 20.0. The van der Waals surface area contributed by atoms with Crippen LogP contribution in [0.15, 0.2) is 37.9 Å². The summed E-state index contributed by atoms with van der Waals surface area (Å²) in [6, 6.07) is 7.22. The molecule has 1 fully saturated rings. The Bertz CT molecular complexity index is 700. The molecule has 1 aromatic carbocycles. The third-order valence-electron chi connectivity index (χ3n) is 3.61. The summed E-state index contributed by atoms with van der Waals surface area (Å²) in [6.45, 7) is 2.70. The Morgan fingerprint density at radius 2 is 2.24 bits per heavy atom. The molecule has 1 aliphatic heterocycles. The molecule has 0 bridgehead atoms. The second kappa shape index (κ2) is 6.27. The Kier molecular flexibility index (Phi) is 4.40. The molecular formula is C15H16BrNO4. The van der Waals surface area contributed by atoms with Gasteiger partial charge in [-0.1, -0.05) is 15.9 Å². The molecule has 2 heterocycles. The lowest BCUT2D eigenvalue weighted by molar-refractivity contribution is -0.0550. The zero-order valence-corrected chi connectivity index (χ0v) is 13.0. The minimum atomic E-state index is -0.345. The molecule has 1 saturated heterocycles. The minimum absolute atomic E-state index is 0.0150. The van der Waals surface area contributed by atoms with Crippen molar-refractivity contribution < 1.29 is 14.3 Å². The van der Waals surface area contributed by atoms with Crippen LogP contribution < -0.4 is 5.63 Å². The van der Waals surface area contributed by atoms with E-state index in [4.69, 9.17) is 9.15 Å². The zero-order chi connectivity index (χ0) is 14.8. The van der Waals surface area contributed by atoms with Gasteiger partial charge in [-0.2, -0.15) is 0 Å². The van der Waals surface area contributed by atoms with Gasteiger partial charge in [-0.3, -0.25) is 4.90 Å². The summed E-state index contributed by atoms with van der Waals surface area (Å²) in [5.74, 6) is 0. The van der Waals surface area contributed by atoms with E-state index in [2.05, 4.69) is 20.8 Å². The van der Waals surface area contributed by atoms with E-state index in [-0.39, 0.29) is 18.3 Å². The first-order valence-electron chi connectivity index (χ1n) is 6.83. The maximum atomic E-state index is 11.7. The molecule has 0 amide bonds. The highest BCUT2D eigenvalue weighted by atomic mass is 79.9. The van der Waals surface area contributed by atoms with Gasteiger partial charge in [0, 0.05) is 35.6 Å². The summed E-state index contributed by atoms with van der Waals surface area (Å²) in [4.78, 5) is 13.9. The van der Waals surface area contributed by atoms with Crippen molar-refractivity contribution in [2.24, 2.45) is 0 Å². The van der Waals surface area contributed by atoms with Gasteiger partial charge in [0.15, 0.2) is 0 Å². The number of aliphatic hydroxyl groups is 1. The van der Waals surface area contributed by atoms with Crippen LogP contribution in [0.2, 0.25) is 0 Å². The van der Waals surface area contributed by atoms with Crippen LogP contribution in [0.1, 0.15) is 5.56 Å². The first-order chi connectivity index (χ1) is 10.2. The summed E-state index contributed by atoms with van der Waals surface area (Å²) in [6.07, 6.45) is -0.153. The fraction of sp³-hybridized carbons (Fsp3) is 0.400. The molecule has 0 saturated carbocycles. The smallest absolute Gasteiger partial charge is 0.336 e. The van der Waals surface area contributed by atoms with Crippen LogP contribution in [-0.2, 0) is 11.3 Å². The number of ether oxygens (including phenoxy) is 1. The van der Waals surface area contributed by atoms with E-state index < -0.39 is 0 Å². The quantitative estimate of drug-likeness (QED) is 0.851. The summed E-state index contributed by atoms with van der Waals surface area (Å²) in [5.41, 5.74) is 1.17. The summed E-state index contributed by atoms with van der Waals surface area (Å²) in [7, 11) is 0. The van der Waals surface area contributed by atoms with Crippen molar-refractivity contribution in [2.45, 2.75) is 12.6 Å². The van der Waals surface area contributed by atoms with Crippen LogP contribution in [0.3, 0.4) is 0 Å². The highest BCUT2D eigenvalue weighted by Crippen LogP contribution is 2.23. The topological polar surface area (TPSA) is 62.9 Å². The fourth-order valence-corrected chi connectivity index (χ4v) is 2.95.